The zero-order valence-electron chi connectivity index (χ0n) is 16.9. The van der Waals surface area contributed by atoms with Gasteiger partial charge >= 0.3 is 0 Å². The Labute approximate surface area is 174 Å². The summed E-state index contributed by atoms with van der Waals surface area (Å²) in [4.78, 5) is 10.5. The summed E-state index contributed by atoms with van der Waals surface area (Å²) in [5.41, 5.74) is 2.35. The van der Waals surface area contributed by atoms with E-state index in [2.05, 4.69) is 68.6 Å². The van der Waals surface area contributed by atoms with Crippen LogP contribution in [0.15, 0.2) is 35.7 Å². The Morgan fingerprint density at radius 3 is 2.72 bits per heavy atom. The molecule has 7 heteroatoms. The van der Waals surface area contributed by atoms with Crippen LogP contribution in [0.2, 0.25) is 0 Å². The summed E-state index contributed by atoms with van der Waals surface area (Å²) in [5.74, 6) is 4.09. The number of thiophene rings is 1. The Kier molecular flexibility index (Phi) is 4.54. The molecule has 1 N–H and O–H groups in total. The predicted octanol–water partition coefficient (Wildman–Crippen LogP) is 5.01. The number of nitrogens with one attached hydrogen (secondary N) is 1. The zero-order valence-corrected chi connectivity index (χ0v) is 17.7. The van der Waals surface area contributed by atoms with Crippen molar-refractivity contribution in [3.63, 3.8) is 0 Å². The number of benzene rings is 1. The van der Waals surface area contributed by atoms with Crippen LogP contribution in [0.1, 0.15) is 43.8 Å². The predicted molar refractivity (Wildman–Crippen MR) is 117 cm³/mol. The van der Waals surface area contributed by atoms with E-state index >= 15 is 0 Å². The fourth-order valence-electron chi connectivity index (χ4n) is 4.06. The van der Waals surface area contributed by atoms with Crippen LogP contribution in [-0.4, -0.2) is 24.7 Å². The summed E-state index contributed by atoms with van der Waals surface area (Å²) in [7, 11) is 0. The number of hydrogen-bond donors (Lipinski definition) is 1. The number of hydrogen-bond acceptors (Lipinski definition) is 6. The lowest BCUT2D eigenvalue weighted by Crippen LogP contribution is -2.22. The van der Waals surface area contributed by atoms with E-state index in [-0.39, 0.29) is 6.04 Å². The summed E-state index contributed by atoms with van der Waals surface area (Å²) in [6.45, 7) is 7.37. The summed E-state index contributed by atoms with van der Waals surface area (Å²) in [6.07, 6.45) is 2.15. The van der Waals surface area contributed by atoms with Crippen molar-refractivity contribution in [1.82, 2.24) is 24.7 Å². The lowest BCUT2D eigenvalue weighted by atomic mass is 10.0. The third kappa shape index (κ3) is 3.19. The quantitative estimate of drug-likeness (QED) is 0.506. The maximum Gasteiger partial charge on any atom is 0.155 e. The number of nitrogens with zero attached hydrogens (tertiary/aromatic N) is 5. The van der Waals surface area contributed by atoms with Crippen LogP contribution in [-0.2, 0) is 13.0 Å². The molecule has 0 fully saturated rings. The van der Waals surface area contributed by atoms with Crippen LogP contribution < -0.4 is 5.32 Å². The molecule has 0 radical (unpaired) electrons. The molecular weight excluding hydrogens is 380 g/mol. The van der Waals surface area contributed by atoms with E-state index in [1.54, 1.807) is 11.3 Å². The van der Waals surface area contributed by atoms with Crippen molar-refractivity contribution in [2.45, 2.75) is 46.2 Å². The van der Waals surface area contributed by atoms with Crippen LogP contribution in [0, 0.1) is 12.8 Å². The number of rotatable bonds is 5. The third-order valence-corrected chi connectivity index (χ3v) is 6.38. The molecule has 0 aliphatic carbocycles. The van der Waals surface area contributed by atoms with Crippen molar-refractivity contribution in [2.75, 3.05) is 5.32 Å². The van der Waals surface area contributed by atoms with Gasteiger partial charge in [0.2, 0.25) is 0 Å². The minimum Gasteiger partial charge on any atom is -0.359 e. The van der Waals surface area contributed by atoms with Gasteiger partial charge in [0, 0.05) is 23.9 Å². The van der Waals surface area contributed by atoms with Gasteiger partial charge in [0.1, 0.15) is 22.3 Å². The van der Waals surface area contributed by atoms with Gasteiger partial charge in [-0.15, -0.1) is 21.5 Å². The molecular formula is C22H24N6S. The van der Waals surface area contributed by atoms with Crippen molar-refractivity contribution < 1.29 is 0 Å². The second-order valence-corrected chi connectivity index (χ2v) is 8.77. The summed E-state index contributed by atoms with van der Waals surface area (Å²) in [5, 5.41) is 15.9. The first-order valence-corrected chi connectivity index (χ1v) is 11.0. The lowest BCUT2D eigenvalue weighted by Gasteiger charge is -2.23. The molecule has 29 heavy (non-hydrogen) atoms. The molecule has 0 saturated heterocycles. The molecule has 0 amide bonds. The highest BCUT2D eigenvalue weighted by molar-refractivity contribution is 7.17. The van der Waals surface area contributed by atoms with Gasteiger partial charge in [-0.05, 0) is 24.8 Å². The molecule has 0 spiro atoms. The molecule has 6 nitrogen and oxygen atoms in total. The van der Waals surface area contributed by atoms with E-state index in [1.165, 1.54) is 11.1 Å². The molecule has 1 unspecified atom stereocenters. The van der Waals surface area contributed by atoms with E-state index in [4.69, 9.17) is 4.98 Å². The maximum atomic E-state index is 4.81. The molecule has 1 aromatic carbocycles. The van der Waals surface area contributed by atoms with Crippen LogP contribution in [0.3, 0.4) is 0 Å². The molecule has 1 atom stereocenters. The Hall–Kier alpha value is -2.80. The second kappa shape index (κ2) is 7.22. The Balaban J connectivity index is 1.62. The van der Waals surface area contributed by atoms with E-state index in [1.807, 2.05) is 13.0 Å². The average Bonchev–Trinajstić information content (AvgIpc) is 3.42. The highest BCUT2D eigenvalue weighted by atomic mass is 32.1. The van der Waals surface area contributed by atoms with E-state index < -0.39 is 0 Å². The molecule has 3 aromatic heterocycles. The largest absolute Gasteiger partial charge is 0.359 e. The van der Waals surface area contributed by atoms with Gasteiger partial charge in [0.25, 0.3) is 0 Å². The molecule has 148 valence electrons. The first-order chi connectivity index (χ1) is 14.1. The molecule has 0 saturated carbocycles. The fraction of sp³-hybridized carbons (Fsp3) is 0.364. The van der Waals surface area contributed by atoms with Crippen molar-refractivity contribution >= 4 is 27.4 Å². The molecule has 0 bridgehead atoms. The fourth-order valence-corrected chi connectivity index (χ4v) is 5.06. The molecule has 5 rings (SSSR count). The van der Waals surface area contributed by atoms with E-state index in [0.29, 0.717) is 5.92 Å². The Morgan fingerprint density at radius 2 is 1.93 bits per heavy atom. The van der Waals surface area contributed by atoms with Crippen LogP contribution in [0.5, 0.6) is 0 Å². The van der Waals surface area contributed by atoms with Crippen molar-refractivity contribution in [1.29, 1.82) is 0 Å². The van der Waals surface area contributed by atoms with Crippen LogP contribution in [0.4, 0.5) is 5.82 Å². The number of fused-ring (bicyclic) bond motifs is 2. The van der Waals surface area contributed by atoms with Gasteiger partial charge < -0.3 is 9.88 Å². The average molecular weight is 405 g/mol. The third-order valence-electron chi connectivity index (χ3n) is 5.51. The Morgan fingerprint density at radius 1 is 1.10 bits per heavy atom. The summed E-state index contributed by atoms with van der Waals surface area (Å²) < 4.78 is 2.27. The van der Waals surface area contributed by atoms with E-state index in [9.17, 15) is 0 Å². The smallest absolute Gasteiger partial charge is 0.155 e. The van der Waals surface area contributed by atoms with Gasteiger partial charge in [-0.3, -0.25) is 0 Å². The summed E-state index contributed by atoms with van der Waals surface area (Å²) >= 11 is 1.67. The SMILES string of the molecule is Cc1nc(NC(c2nnc3n2CCC3)C(C)C)c2c(-c3ccccc3)csc2n1. The molecule has 4 heterocycles. The topological polar surface area (TPSA) is 68.5 Å². The Bertz CT molecular complexity index is 1160. The number of aromatic nitrogens is 5. The zero-order chi connectivity index (χ0) is 20.0. The maximum absolute atomic E-state index is 4.81. The highest BCUT2D eigenvalue weighted by Crippen LogP contribution is 2.39. The van der Waals surface area contributed by atoms with E-state index in [0.717, 1.165) is 52.9 Å². The second-order valence-electron chi connectivity index (χ2n) is 7.91. The van der Waals surface area contributed by atoms with Crippen LogP contribution in [0.25, 0.3) is 21.3 Å². The first-order valence-electron chi connectivity index (χ1n) is 10.1. The van der Waals surface area contributed by atoms with Gasteiger partial charge in [-0.25, -0.2) is 9.97 Å². The molecule has 4 aromatic rings. The van der Waals surface area contributed by atoms with Gasteiger partial charge in [-0.2, -0.15) is 0 Å². The standard InChI is InChI=1S/C22H24N6S/c1-13(2)19(21-27-26-17-10-7-11-28(17)21)25-20-18-16(15-8-5-4-6-9-15)12-29-22(18)24-14(3)23-20/h4-6,8-9,12-13,19H,7,10-11H2,1-3H3,(H,23,24,25). The first kappa shape index (κ1) is 18.2. The number of aryl methyl sites for hydroxylation is 2. The van der Waals surface area contributed by atoms with Crippen molar-refractivity contribution in [3.8, 4) is 11.1 Å². The number of anilines is 1. The van der Waals surface area contributed by atoms with Crippen molar-refractivity contribution in [2.24, 2.45) is 5.92 Å². The molecule has 1 aliphatic heterocycles. The van der Waals surface area contributed by atoms with Crippen LogP contribution >= 0.6 is 11.3 Å². The minimum absolute atomic E-state index is 0.0374. The molecule has 1 aliphatic rings. The van der Waals surface area contributed by atoms with Gasteiger partial charge in [0.05, 0.1) is 11.4 Å². The highest BCUT2D eigenvalue weighted by Gasteiger charge is 2.28. The van der Waals surface area contributed by atoms with Gasteiger partial charge in [0.15, 0.2) is 5.82 Å². The van der Waals surface area contributed by atoms with Gasteiger partial charge in [-0.1, -0.05) is 44.2 Å². The minimum atomic E-state index is 0.0374. The van der Waals surface area contributed by atoms with Crippen molar-refractivity contribution in [3.05, 3.63) is 53.2 Å². The normalized spacial score (nSPS) is 14.5. The monoisotopic (exact) mass is 404 g/mol. The lowest BCUT2D eigenvalue weighted by molar-refractivity contribution is 0.495. The summed E-state index contributed by atoms with van der Waals surface area (Å²) in [6, 6.07) is 10.5.